The van der Waals surface area contributed by atoms with Gasteiger partial charge < -0.3 is 4.74 Å². The molecule has 0 spiro atoms. The minimum absolute atomic E-state index is 0.400. The summed E-state index contributed by atoms with van der Waals surface area (Å²) in [6, 6.07) is 0. The molecule has 1 aliphatic heterocycles. The van der Waals surface area contributed by atoms with Gasteiger partial charge in [-0.1, -0.05) is 26.6 Å². The van der Waals surface area contributed by atoms with E-state index in [2.05, 4.69) is 56.1 Å². The molecule has 3 heteroatoms. The molecule has 1 nitrogen and oxygen atoms in total. The fourth-order valence-corrected chi connectivity index (χ4v) is 7.67. The Hall–Kier alpha value is 0.647. The van der Waals surface area contributed by atoms with E-state index in [0.717, 1.165) is 12.8 Å². The van der Waals surface area contributed by atoms with Crippen molar-refractivity contribution in [1.82, 2.24) is 0 Å². The lowest BCUT2D eigenvalue weighted by molar-refractivity contribution is 0.0116. The molecule has 0 radical (unpaired) electrons. The van der Waals surface area contributed by atoms with E-state index < -0.39 is 8.07 Å². The Morgan fingerprint density at radius 3 is 2.43 bits per heavy atom. The van der Waals surface area contributed by atoms with E-state index >= 15 is 0 Å². The summed E-state index contributed by atoms with van der Waals surface area (Å²) < 4.78 is 7.59. The molecular weight excluding hydrogens is 303 g/mol. The van der Waals surface area contributed by atoms with Crippen LogP contribution in [0, 0.1) is 0 Å². The fourth-order valence-electron chi connectivity index (χ4n) is 2.12. The molecule has 0 saturated carbocycles. The predicted octanol–water partition coefficient (Wildman–Crippen LogP) is 4.14. The molecule has 2 atom stereocenters. The molecule has 0 aromatic carbocycles. The lowest BCUT2D eigenvalue weighted by atomic mass is 10.1. The van der Waals surface area contributed by atoms with Crippen LogP contribution in [0.5, 0.6) is 0 Å². The Morgan fingerprint density at radius 1 is 1.43 bits per heavy atom. The summed E-state index contributed by atoms with van der Waals surface area (Å²) in [5, 5.41) is 1.65. The largest absolute Gasteiger partial charge is 0.371 e. The first-order valence-electron chi connectivity index (χ1n) is 5.40. The highest BCUT2D eigenvalue weighted by atomic mass is 127. The Morgan fingerprint density at radius 2 is 2.00 bits per heavy atom. The van der Waals surface area contributed by atoms with Crippen molar-refractivity contribution in [3.63, 3.8) is 0 Å². The van der Waals surface area contributed by atoms with Crippen LogP contribution in [-0.2, 0) is 4.74 Å². The van der Waals surface area contributed by atoms with Gasteiger partial charge in [-0.25, -0.2) is 0 Å². The maximum atomic E-state index is 6.02. The van der Waals surface area contributed by atoms with Crippen molar-refractivity contribution in [3.05, 3.63) is 8.78 Å². The molecule has 82 valence electrons. The van der Waals surface area contributed by atoms with Gasteiger partial charge in [0.25, 0.3) is 0 Å². The molecule has 0 fully saturated rings. The van der Waals surface area contributed by atoms with Gasteiger partial charge in [0.05, 0.1) is 20.3 Å². The van der Waals surface area contributed by atoms with E-state index in [1.807, 2.05) is 0 Å². The number of rotatable bonds is 2. The zero-order valence-electron chi connectivity index (χ0n) is 9.86. The van der Waals surface area contributed by atoms with Gasteiger partial charge in [-0.05, 0) is 44.7 Å². The molecule has 14 heavy (non-hydrogen) atoms. The molecular formula is C11H21IOSi. The van der Waals surface area contributed by atoms with Gasteiger partial charge in [0, 0.05) is 6.42 Å². The molecule has 1 aliphatic rings. The highest BCUT2D eigenvalue weighted by Crippen LogP contribution is 2.36. The highest BCUT2D eigenvalue weighted by Gasteiger charge is 2.33. The maximum absolute atomic E-state index is 6.02. The van der Waals surface area contributed by atoms with Crippen LogP contribution >= 0.6 is 22.6 Å². The Kier molecular flexibility index (Phi) is 4.23. The maximum Gasteiger partial charge on any atom is 0.0767 e. The molecule has 1 rings (SSSR count). The Balaban J connectivity index is 3.02. The number of hydrogen-bond donors (Lipinski definition) is 0. The Labute approximate surface area is 102 Å². The number of halogens is 1. The van der Waals surface area contributed by atoms with Crippen LogP contribution in [-0.4, -0.2) is 20.3 Å². The first-order valence-corrected chi connectivity index (χ1v) is 9.98. The van der Waals surface area contributed by atoms with Crippen molar-refractivity contribution < 1.29 is 4.74 Å². The predicted molar refractivity (Wildman–Crippen MR) is 73.6 cm³/mol. The average molecular weight is 324 g/mol. The van der Waals surface area contributed by atoms with Crippen molar-refractivity contribution in [2.45, 2.75) is 58.5 Å². The molecule has 1 heterocycles. The van der Waals surface area contributed by atoms with Crippen LogP contribution in [0.1, 0.15) is 26.7 Å². The lowest BCUT2D eigenvalue weighted by Crippen LogP contribution is -2.39. The smallest absolute Gasteiger partial charge is 0.0767 e. The fraction of sp³-hybridized carbons (Fsp3) is 0.818. The molecule has 0 aromatic rings. The van der Waals surface area contributed by atoms with Crippen molar-refractivity contribution in [3.8, 4) is 0 Å². The molecule has 0 amide bonds. The lowest BCUT2D eigenvalue weighted by Gasteiger charge is -2.36. The second-order valence-electron chi connectivity index (χ2n) is 5.12. The van der Waals surface area contributed by atoms with E-state index in [-0.39, 0.29) is 0 Å². The summed E-state index contributed by atoms with van der Waals surface area (Å²) >= 11 is 2.53. The van der Waals surface area contributed by atoms with E-state index in [1.54, 1.807) is 8.78 Å². The third kappa shape index (κ3) is 2.82. The normalized spacial score (nSPS) is 29.6. The van der Waals surface area contributed by atoms with E-state index in [0.29, 0.717) is 12.2 Å². The molecule has 0 unspecified atom stereocenters. The second kappa shape index (κ2) is 4.66. The van der Waals surface area contributed by atoms with Crippen LogP contribution in [0.25, 0.3) is 0 Å². The van der Waals surface area contributed by atoms with E-state index in [4.69, 9.17) is 4.74 Å². The van der Waals surface area contributed by atoms with Crippen LogP contribution in [0.2, 0.25) is 19.6 Å². The monoisotopic (exact) mass is 324 g/mol. The summed E-state index contributed by atoms with van der Waals surface area (Å²) in [4.78, 5) is 0. The summed E-state index contributed by atoms with van der Waals surface area (Å²) in [6.45, 7) is 11.7. The van der Waals surface area contributed by atoms with Crippen molar-refractivity contribution in [2.24, 2.45) is 0 Å². The molecule has 0 aliphatic carbocycles. The molecule has 0 aromatic heterocycles. The van der Waals surface area contributed by atoms with Crippen molar-refractivity contribution in [1.29, 1.82) is 0 Å². The van der Waals surface area contributed by atoms with Gasteiger partial charge in [0.15, 0.2) is 0 Å². The molecule has 0 saturated heterocycles. The summed E-state index contributed by atoms with van der Waals surface area (Å²) in [5.41, 5.74) is 0. The zero-order chi connectivity index (χ0) is 10.9. The van der Waals surface area contributed by atoms with Gasteiger partial charge in [-0.15, -0.1) is 0 Å². The first kappa shape index (κ1) is 12.7. The van der Waals surface area contributed by atoms with Gasteiger partial charge in [-0.3, -0.25) is 0 Å². The SMILES string of the molecule is CC[C@H]1O[C@@H](C)CC(I)=C1[Si](C)(C)C. The van der Waals surface area contributed by atoms with Gasteiger partial charge in [-0.2, -0.15) is 0 Å². The van der Waals surface area contributed by atoms with E-state index in [1.165, 1.54) is 0 Å². The van der Waals surface area contributed by atoms with Crippen LogP contribution < -0.4 is 0 Å². The van der Waals surface area contributed by atoms with Crippen LogP contribution in [0.4, 0.5) is 0 Å². The average Bonchev–Trinajstić information content (AvgIpc) is 1.99. The number of ether oxygens (including phenoxy) is 1. The third-order valence-electron chi connectivity index (χ3n) is 2.66. The van der Waals surface area contributed by atoms with Gasteiger partial charge in [0.2, 0.25) is 0 Å². The second-order valence-corrected chi connectivity index (χ2v) is 11.5. The third-order valence-corrected chi connectivity index (χ3v) is 6.43. The topological polar surface area (TPSA) is 9.23 Å². The summed E-state index contributed by atoms with van der Waals surface area (Å²) in [7, 11) is -1.19. The first-order chi connectivity index (χ1) is 6.36. The minimum Gasteiger partial charge on any atom is -0.371 e. The zero-order valence-corrected chi connectivity index (χ0v) is 13.0. The Bertz CT molecular complexity index is 242. The van der Waals surface area contributed by atoms with Crippen molar-refractivity contribution >= 4 is 30.7 Å². The summed E-state index contributed by atoms with van der Waals surface area (Å²) in [5.74, 6) is 0. The minimum atomic E-state index is -1.19. The number of hydrogen-bond acceptors (Lipinski definition) is 1. The van der Waals surface area contributed by atoms with E-state index in [9.17, 15) is 0 Å². The van der Waals surface area contributed by atoms with Gasteiger partial charge >= 0.3 is 0 Å². The molecule has 0 bridgehead atoms. The quantitative estimate of drug-likeness (QED) is 0.548. The summed E-state index contributed by atoms with van der Waals surface area (Å²) in [6.07, 6.45) is 3.05. The molecule has 0 N–H and O–H groups in total. The standard InChI is InChI=1S/C11H21IOSi/c1-6-10-11(14(3,4)5)9(12)7-8(2)13-10/h8,10H,6-7H2,1-5H3/t8-,10+/m0/s1. The van der Waals surface area contributed by atoms with Gasteiger partial charge in [0.1, 0.15) is 0 Å². The highest BCUT2D eigenvalue weighted by molar-refractivity contribution is 14.1. The van der Waals surface area contributed by atoms with Crippen LogP contribution in [0.3, 0.4) is 0 Å². The van der Waals surface area contributed by atoms with Crippen LogP contribution in [0.15, 0.2) is 8.78 Å². The van der Waals surface area contributed by atoms with Crippen molar-refractivity contribution in [2.75, 3.05) is 0 Å².